The van der Waals surface area contributed by atoms with Gasteiger partial charge in [0.05, 0.1) is 7.11 Å². The zero-order valence-corrected chi connectivity index (χ0v) is 16.4. The lowest BCUT2D eigenvalue weighted by Gasteiger charge is -2.26. The number of amides is 2. The van der Waals surface area contributed by atoms with Crippen molar-refractivity contribution in [1.82, 2.24) is 15.5 Å². The number of nitrogens with one attached hydrogen (secondary N) is 2. The quantitative estimate of drug-likeness (QED) is 0.626. The molecule has 0 aliphatic carbocycles. The molecule has 146 valence electrons. The lowest BCUT2D eigenvalue weighted by molar-refractivity contribution is 0.223. The van der Waals surface area contributed by atoms with Crippen molar-refractivity contribution in [2.24, 2.45) is 0 Å². The number of unbranched alkanes of at least 4 members (excludes halogenated alkanes) is 2. The van der Waals surface area contributed by atoms with Crippen molar-refractivity contribution in [3.63, 3.8) is 0 Å². The fourth-order valence-electron chi connectivity index (χ4n) is 3.50. The van der Waals surface area contributed by atoms with Crippen molar-refractivity contribution in [3.8, 4) is 5.75 Å². The number of rotatable bonds is 10. The number of nitrogens with zero attached hydrogens (tertiary/aromatic N) is 1. The largest absolute Gasteiger partial charge is 0.497 e. The van der Waals surface area contributed by atoms with Gasteiger partial charge in [0, 0.05) is 12.6 Å². The van der Waals surface area contributed by atoms with E-state index in [1.165, 1.54) is 51.7 Å². The van der Waals surface area contributed by atoms with Gasteiger partial charge in [-0.25, -0.2) is 4.79 Å². The molecule has 1 saturated heterocycles. The Labute approximate surface area is 158 Å². The molecule has 1 aliphatic rings. The minimum atomic E-state index is -0.0728. The molecule has 0 radical (unpaired) electrons. The van der Waals surface area contributed by atoms with E-state index in [1.54, 1.807) is 7.11 Å². The number of urea groups is 1. The molecule has 2 N–H and O–H groups in total. The summed E-state index contributed by atoms with van der Waals surface area (Å²) in [6.07, 6.45) is 8.36. The third-order valence-electron chi connectivity index (χ3n) is 4.94. The predicted molar refractivity (Wildman–Crippen MR) is 107 cm³/mol. The SMILES string of the molecule is COc1cccc(CC(C)NC(=O)NCCCCCN2CCCCC2)c1. The number of ether oxygens (including phenoxy) is 1. The number of carbonyl (C=O) groups excluding carboxylic acids is 1. The molecule has 2 amide bonds. The molecule has 1 heterocycles. The molecule has 0 aromatic heterocycles. The van der Waals surface area contributed by atoms with E-state index in [2.05, 4.69) is 21.6 Å². The lowest BCUT2D eigenvalue weighted by atomic mass is 10.1. The summed E-state index contributed by atoms with van der Waals surface area (Å²) in [5.74, 6) is 0.851. The molecular formula is C21H35N3O2. The van der Waals surface area contributed by atoms with E-state index < -0.39 is 0 Å². The monoisotopic (exact) mass is 361 g/mol. The summed E-state index contributed by atoms with van der Waals surface area (Å²) in [6, 6.07) is 7.99. The van der Waals surface area contributed by atoms with E-state index in [9.17, 15) is 4.79 Å². The van der Waals surface area contributed by atoms with Gasteiger partial charge in [0.25, 0.3) is 0 Å². The Morgan fingerprint density at radius 1 is 1.19 bits per heavy atom. The first-order chi connectivity index (χ1) is 12.7. The molecule has 1 aliphatic heterocycles. The van der Waals surface area contributed by atoms with Crippen LogP contribution in [0.5, 0.6) is 5.75 Å². The maximum atomic E-state index is 12.0. The van der Waals surface area contributed by atoms with Crippen LogP contribution in [0, 0.1) is 0 Å². The molecule has 1 aromatic rings. The highest BCUT2D eigenvalue weighted by Crippen LogP contribution is 2.14. The van der Waals surface area contributed by atoms with Crippen molar-refractivity contribution in [3.05, 3.63) is 29.8 Å². The lowest BCUT2D eigenvalue weighted by Crippen LogP contribution is -2.42. The van der Waals surface area contributed by atoms with Gasteiger partial charge in [-0.3, -0.25) is 0 Å². The van der Waals surface area contributed by atoms with Gasteiger partial charge in [-0.1, -0.05) is 25.0 Å². The summed E-state index contributed by atoms with van der Waals surface area (Å²) in [5.41, 5.74) is 1.16. The maximum Gasteiger partial charge on any atom is 0.315 e. The molecule has 0 bridgehead atoms. The third kappa shape index (κ3) is 8.09. The molecule has 26 heavy (non-hydrogen) atoms. The number of likely N-dealkylation sites (tertiary alicyclic amines) is 1. The van der Waals surface area contributed by atoms with Crippen molar-refractivity contribution >= 4 is 6.03 Å². The van der Waals surface area contributed by atoms with E-state index in [-0.39, 0.29) is 12.1 Å². The summed E-state index contributed by atoms with van der Waals surface area (Å²) >= 11 is 0. The predicted octanol–water partition coefficient (Wildman–Crippen LogP) is 3.58. The van der Waals surface area contributed by atoms with Crippen LogP contribution in [0.15, 0.2) is 24.3 Å². The second-order valence-corrected chi connectivity index (χ2v) is 7.32. The van der Waals surface area contributed by atoms with Crippen LogP contribution in [-0.4, -0.2) is 50.3 Å². The van der Waals surface area contributed by atoms with Crippen molar-refractivity contribution < 1.29 is 9.53 Å². The Bertz CT molecular complexity index is 530. The zero-order valence-electron chi connectivity index (χ0n) is 16.4. The topological polar surface area (TPSA) is 53.6 Å². The van der Waals surface area contributed by atoms with Gasteiger partial charge in [-0.05, 0) is 76.4 Å². The van der Waals surface area contributed by atoms with E-state index in [4.69, 9.17) is 4.74 Å². The highest BCUT2D eigenvalue weighted by Gasteiger charge is 2.10. The van der Waals surface area contributed by atoms with Crippen LogP contribution >= 0.6 is 0 Å². The standard InChI is InChI=1S/C21H35N3O2/c1-18(16-19-10-9-11-20(17-19)26-2)23-21(25)22-12-5-3-6-13-24-14-7-4-8-15-24/h9-11,17-18H,3-8,12-16H2,1-2H3,(H2,22,23,25). The molecule has 1 aromatic carbocycles. The van der Waals surface area contributed by atoms with Gasteiger partial charge in [0.1, 0.15) is 5.75 Å². The van der Waals surface area contributed by atoms with Gasteiger partial charge < -0.3 is 20.3 Å². The summed E-state index contributed by atoms with van der Waals surface area (Å²) in [4.78, 5) is 14.6. The van der Waals surface area contributed by atoms with E-state index in [0.29, 0.717) is 0 Å². The average Bonchev–Trinajstić information content (AvgIpc) is 2.65. The number of methoxy groups -OCH3 is 1. The van der Waals surface area contributed by atoms with E-state index in [1.807, 2.05) is 25.1 Å². The molecule has 1 unspecified atom stereocenters. The number of hydrogen-bond acceptors (Lipinski definition) is 3. The first-order valence-electron chi connectivity index (χ1n) is 10.1. The summed E-state index contributed by atoms with van der Waals surface area (Å²) in [5, 5.41) is 5.98. The molecule has 1 fully saturated rings. The number of piperidine rings is 1. The maximum absolute atomic E-state index is 12.0. The Hall–Kier alpha value is -1.75. The Morgan fingerprint density at radius 2 is 2.00 bits per heavy atom. The molecular weight excluding hydrogens is 326 g/mol. The smallest absolute Gasteiger partial charge is 0.315 e. The van der Waals surface area contributed by atoms with E-state index >= 15 is 0 Å². The summed E-state index contributed by atoms with van der Waals surface area (Å²) in [6.45, 7) is 6.52. The van der Waals surface area contributed by atoms with Crippen LogP contribution in [0.25, 0.3) is 0 Å². The van der Waals surface area contributed by atoms with E-state index in [0.717, 1.165) is 30.7 Å². The van der Waals surface area contributed by atoms with Gasteiger partial charge in [-0.15, -0.1) is 0 Å². The van der Waals surface area contributed by atoms with Crippen molar-refractivity contribution in [2.45, 2.75) is 57.9 Å². The van der Waals surface area contributed by atoms with Gasteiger partial charge >= 0.3 is 6.03 Å². The molecule has 5 nitrogen and oxygen atoms in total. The molecule has 0 spiro atoms. The van der Waals surface area contributed by atoms with Gasteiger partial charge in [0.2, 0.25) is 0 Å². The van der Waals surface area contributed by atoms with Crippen LogP contribution in [0.3, 0.4) is 0 Å². The molecule has 1 atom stereocenters. The third-order valence-corrected chi connectivity index (χ3v) is 4.94. The number of hydrogen-bond donors (Lipinski definition) is 2. The summed E-state index contributed by atoms with van der Waals surface area (Å²) in [7, 11) is 1.67. The Balaban J connectivity index is 1.52. The van der Waals surface area contributed by atoms with Crippen molar-refractivity contribution in [2.75, 3.05) is 33.3 Å². The van der Waals surface area contributed by atoms with Crippen LogP contribution in [0.2, 0.25) is 0 Å². The first-order valence-corrected chi connectivity index (χ1v) is 10.1. The number of carbonyl (C=O) groups is 1. The molecule has 0 saturated carbocycles. The minimum Gasteiger partial charge on any atom is -0.497 e. The Kier molecular flexibility index (Phi) is 9.32. The Morgan fingerprint density at radius 3 is 2.77 bits per heavy atom. The second kappa shape index (κ2) is 11.8. The highest BCUT2D eigenvalue weighted by molar-refractivity contribution is 5.74. The van der Waals surface area contributed by atoms with Crippen molar-refractivity contribution in [1.29, 1.82) is 0 Å². The fraction of sp³-hybridized carbons (Fsp3) is 0.667. The average molecular weight is 362 g/mol. The number of benzene rings is 1. The fourth-order valence-corrected chi connectivity index (χ4v) is 3.50. The zero-order chi connectivity index (χ0) is 18.6. The molecule has 2 rings (SSSR count). The first kappa shape index (κ1) is 20.6. The second-order valence-electron chi connectivity index (χ2n) is 7.32. The highest BCUT2D eigenvalue weighted by atomic mass is 16.5. The van der Waals surface area contributed by atoms with Crippen LogP contribution in [0.4, 0.5) is 4.79 Å². The molecule has 5 heteroatoms. The normalized spacial score (nSPS) is 16.1. The van der Waals surface area contributed by atoms with Crippen LogP contribution < -0.4 is 15.4 Å². The van der Waals surface area contributed by atoms with Gasteiger partial charge in [-0.2, -0.15) is 0 Å². The summed E-state index contributed by atoms with van der Waals surface area (Å²) < 4.78 is 5.24. The van der Waals surface area contributed by atoms with Crippen LogP contribution in [-0.2, 0) is 6.42 Å². The van der Waals surface area contributed by atoms with Gasteiger partial charge in [0.15, 0.2) is 0 Å². The van der Waals surface area contributed by atoms with Crippen LogP contribution in [0.1, 0.15) is 51.0 Å². The minimum absolute atomic E-state index is 0.0728.